The van der Waals surface area contributed by atoms with Gasteiger partial charge in [0.15, 0.2) is 5.78 Å². The van der Waals surface area contributed by atoms with Gasteiger partial charge in [-0.3, -0.25) is 9.59 Å². The number of thioether (sulfide) groups is 1. The van der Waals surface area contributed by atoms with Crippen LogP contribution in [0.2, 0.25) is 10.0 Å². The predicted molar refractivity (Wildman–Crippen MR) is 90.3 cm³/mol. The van der Waals surface area contributed by atoms with Crippen molar-refractivity contribution in [1.82, 2.24) is 0 Å². The van der Waals surface area contributed by atoms with Gasteiger partial charge in [-0.15, -0.1) is 11.8 Å². The van der Waals surface area contributed by atoms with E-state index in [4.69, 9.17) is 23.2 Å². The van der Waals surface area contributed by atoms with Crippen LogP contribution in [0.1, 0.15) is 15.9 Å². The third-order valence-corrected chi connectivity index (χ3v) is 5.31. The Morgan fingerprint density at radius 1 is 1.18 bits per heavy atom. The summed E-state index contributed by atoms with van der Waals surface area (Å²) in [5.41, 5.74) is 2.23. The zero-order valence-corrected chi connectivity index (χ0v) is 13.7. The van der Waals surface area contributed by atoms with E-state index in [-0.39, 0.29) is 17.4 Å². The summed E-state index contributed by atoms with van der Waals surface area (Å²) >= 11 is 13.5. The van der Waals surface area contributed by atoms with Gasteiger partial charge in [-0.25, -0.2) is 0 Å². The molecule has 2 aromatic carbocycles. The number of carbonyl (C=O) groups excluding carboxylic acids is 2. The summed E-state index contributed by atoms with van der Waals surface area (Å²) in [5, 5.41) is 3.82. The van der Waals surface area contributed by atoms with Gasteiger partial charge in [-0.1, -0.05) is 29.3 Å². The van der Waals surface area contributed by atoms with Crippen LogP contribution >= 0.6 is 35.0 Å². The van der Waals surface area contributed by atoms with E-state index in [1.165, 1.54) is 11.8 Å². The Labute approximate surface area is 142 Å². The number of fused-ring (bicyclic) bond motifs is 1. The highest BCUT2D eigenvalue weighted by Gasteiger charge is 2.19. The van der Waals surface area contributed by atoms with Crippen LogP contribution in [-0.4, -0.2) is 17.4 Å². The van der Waals surface area contributed by atoms with Crippen LogP contribution in [0.5, 0.6) is 0 Å². The predicted octanol–water partition coefficient (Wildman–Crippen LogP) is 4.46. The first-order chi connectivity index (χ1) is 10.5. The molecule has 0 spiro atoms. The number of anilines is 1. The third-order valence-electron chi connectivity index (χ3n) is 3.32. The number of hydrogen-bond acceptors (Lipinski definition) is 3. The van der Waals surface area contributed by atoms with Crippen LogP contribution in [0.3, 0.4) is 0 Å². The average Bonchev–Trinajstić information content (AvgIpc) is 2.85. The SMILES string of the molecule is O=C1Cc2cc(C(=O)CSc3c(Cl)cccc3Cl)ccc2N1. The van der Waals surface area contributed by atoms with E-state index >= 15 is 0 Å². The molecule has 3 nitrogen and oxygen atoms in total. The molecule has 0 aromatic heterocycles. The summed E-state index contributed by atoms with van der Waals surface area (Å²) in [5.74, 6) is 0.170. The van der Waals surface area contributed by atoms with Crippen LogP contribution in [0.15, 0.2) is 41.3 Å². The molecule has 112 valence electrons. The molecule has 1 heterocycles. The summed E-state index contributed by atoms with van der Waals surface area (Å²) in [6, 6.07) is 10.5. The minimum atomic E-state index is -0.0446. The first kappa shape index (κ1) is 15.4. The van der Waals surface area contributed by atoms with E-state index in [0.29, 0.717) is 26.9 Å². The summed E-state index contributed by atoms with van der Waals surface area (Å²) in [7, 11) is 0. The Kier molecular flexibility index (Phi) is 4.43. The van der Waals surface area contributed by atoms with E-state index in [1.54, 1.807) is 36.4 Å². The molecule has 1 aliphatic rings. The standard InChI is InChI=1S/C16H11Cl2NO2S/c17-11-2-1-3-12(18)16(11)22-8-14(20)9-4-5-13-10(6-9)7-15(21)19-13/h1-6H,7-8H2,(H,19,21). The molecule has 2 aromatic rings. The van der Waals surface area contributed by atoms with Crippen molar-refractivity contribution >= 4 is 52.3 Å². The normalized spacial score (nSPS) is 12.9. The van der Waals surface area contributed by atoms with Crippen molar-refractivity contribution in [3.8, 4) is 0 Å². The lowest BCUT2D eigenvalue weighted by molar-refractivity contribution is -0.115. The molecule has 1 N–H and O–H groups in total. The molecule has 0 bridgehead atoms. The monoisotopic (exact) mass is 351 g/mol. The maximum atomic E-state index is 12.3. The number of halogens is 2. The van der Waals surface area contributed by atoms with Crippen molar-refractivity contribution in [2.75, 3.05) is 11.1 Å². The van der Waals surface area contributed by atoms with Gasteiger partial charge in [0.05, 0.1) is 22.2 Å². The summed E-state index contributed by atoms with van der Waals surface area (Å²) < 4.78 is 0. The molecule has 0 saturated heterocycles. The Balaban J connectivity index is 1.73. The van der Waals surface area contributed by atoms with Crippen LogP contribution in [-0.2, 0) is 11.2 Å². The topological polar surface area (TPSA) is 46.2 Å². The molecular formula is C16H11Cl2NO2S. The molecule has 0 aliphatic carbocycles. The molecule has 6 heteroatoms. The minimum Gasteiger partial charge on any atom is -0.326 e. The number of Topliss-reactive ketones (excluding diaryl/α,β-unsaturated/α-hetero) is 1. The molecular weight excluding hydrogens is 341 g/mol. The van der Waals surface area contributed by atoms with Crippen molar-refractivity contribution in [3.05, 3.63) is 57.6 Å². The van der Waals surface area contributed by atoms with Crippen molar-refractivity contribution in [2.24, 2.45) is 0 Å². The lowest BCUT2D eigenvalue weighted by atomic mass is 10.1. The van der Waals surface area contributed by atoms with Crippen LogP contribution in [0.4, 0.5) is 5.69 Å². The number of ketones is 1. The zero-order valence-electron chi connectivity index (χ0n) is 11.4. The van der Waals surface area contributed by atoms with Crippen molar-refractivity contribution in [2.45, 2.75) is 11.3 Å². The Morgan fingerprint density at radius 2 is 1.91 bits per heavy atom. The molecule has 3 rings (SSSR count). The maximum Gasteiger partial charge on any atom is 0.228 e. The first-order valence-corrected chi connectivity index (χ1v) is 8.31. The highest BCUT2D eigenvalue weighted by molar-refractivity contribution is 8.00. The quantitative estimate of drug-likeness (QED) is 0.653. The highest BCUT2D eigenvalue weighted by atomic mass is 35.5. The second-order valence-electron chi connectivity index (χ2n) is 4.86. The highest BCUT2D eigenvalue weighted by Crippen LogP contribution is 2.34. The third kappa shape index (κ3) is 3.14. The molecule has 0 radical (unpaired) electrons. The maximum absolute atomic E-state index is 12.3. The largest absolute Gasteiger partial charge is 0.326 e. The van der Waals surface area contributed by atoms with E-state index in [9.17, 15) is 9.59 Å². The van der Waals surface area contributed by atoms with Gasteiger partial charge in [-0.05, 0) is 35.9 Å². The number of amides is 1. The molecule has 0 saturated carbocycles. The van der Waals surface area contributed by atoms with Crippen LogP contribution < -0.4 is 5.32 Å². The van der Waals surface area contributed by atoms with Crippen molar-refractivity contribution in [1.29, 1.82) is 0 Å². The fourth-order valence-electron chi connectivity index (χ4n) is 2.24. The summed E-state index contributed by atoms with van der Waals surface area (Å²) in [4.78, 5) is 24.4. The van der Waals surface area contributed by atoms with Gasteiger partial charge >= 0.3 is 0 Å². The van der Waals surface area contributed by atoms with Gasteiger partial charge in [0.1, 0.15) is 0 Å². The van der Waals surface area contributed by atoms with Crippen LogP contribution in [0.25, 0.3) is 0 Å². The van der Waals surface area contributed by atoms with Crippen molar-refractivity contribution < 1.29 is 9.59 Å². The fourth-order valence-corrected chi connectivity index (χ4v) is 3.82. The number of hydrogen-bond donors (Lipinski definition) is 1. The molecule has 22 heavy (non-hydrogen) atoms. The van der Waals surface area contributed by atoms with Gasteiger partial charge in [-0.2, -0.15) is 0 Å². The summed E-state index contributed by atoms with van der Waals surface area (Å²) in [6.45, 7) is 0. The molecule has 1 amide bonds. The Morgan fingerprint density at radius 3 is 2.64 bits per heavy atom. The molecule has 0 fully saturated rings. The van der Waals surface area contributed by atoms with Gasteiger partial charge < -0.3 is 5.32 Å². The summed E-state index contributed by atoms with van der Waals surface area (Å²) in [6.07, 6.45) is 0.319. The molecule has 1 aliphatic heterocycles. The Hall–Kier alpha value is -1.49. The lowest BCUT2D eigenvalue weighted by Crippen LogP contribution is -2.03. The zero-order chi connectivity index (χ0) is 15.7. The van der Waals surface area contributed by atoms with E-state index < -0.39 is 0 Å². The first-order valence-electron chi connectivity index (χ1n) is 6.57. The second-order valence-corrected chi connectivity index (χ2v) is 6.66. The van der Waals surface area contributed by atoms with E-state index in [2.05, 4.69) is 5.32 Å². The van der Waals surface area contributed by atoms with Gasteiger partial charge in [0, 0.05) is 16.1 Å². The Bertz CT molecular complexity index is 756. The second kappa shape index (κ2) is 6.32. The number of rotatable bonds is 4. The van der Waals surface area contributed by atoms with Crippen molar-refractivity contribution in [3.63, 3.8) is 0 Å². The molecule has 0 unspecified atom stereocenters. The average molecular weight is 352 g/mol. The van der Waals surface area contributed by atoms with Gasteiger partial charge in [0.25, 0.3) is 0 Å². The minimum absolute atomic E-state index is 0.0249. The number of benzene rings is 2. The van der Waals surface area contributed by atoms with Gasteiger partial charge in [0.2, 0.25) is 5.91 Å². The number of nitrogens with one attached hydrogen (secondary N) is 1. The van der Waals surface area contributed by atoms with E-state index in [1.807, 2.05) is 0 Å². The number of carbonyl (C=O) groups is 2. The smallest absolute Gasteiger partial charge is 0.228 e. The lowest BCUT2D eigenvalue weighted by Gasteiger charge is -2.07. The van der Waals surface area contributed by atoms with Crippen LogP contribution in [0, 0.1) is 0 Å². The fraction of sp³-hybridized carbons (Fsp3) is 0.125. The molecule has 0 atom stereocenters. The van der Waals surface area contributed by atoms with E-state index in [0.717, 1.165) is 11.3 Å².